The Morgan fingerprint density at radius 1 is 1.58 bits per heavy atom. The van der Waals surface area contributed by atoms with Gasteiger partial charge in [0, 0.05) is 21.7 Å². The quantitative estimate of drug-likeness (QED) is 0.703. The molecule has 4 nitrogen and oxygen atoms in total. The van der Waals surface area contributed by atoms with Crippen molar-refractivity contribution in [3.05, 3.63) is 0 Å². The molecular weight excluding hydrogens is 178 g/mol. The first-order valence-corrected chi connectivity index (χ1v) is 5.73. The molecule has 5 heteroatoms. The van der Waals surface area contributed by atoms with Crippen molar-refractivity contribution >= 4 is 15.7 Å². The molecule has 1 atom stereocenters. The standard InChI is InChI=1S/C7H15NO3S/c1-7(2,6(9)10)4-5-12(3,8)11/h8H,4-5H2,1-3H3,(H,9,10). The Morgan fingerprint density at radius 2 is 2.00 bits per heavy atom. The van der Waals surface area contributed by atoms with Gasteiger partial charge in [-0.05, 0) is 20.3 Å². The number of hydrogen-bond donors (Lipinski definition) is 2. The van der Waals surface area contributed by atoms with E-state index < -0.39 is 21.1 Å². The van der Waals surface area contributed by atoms with Gasteiger partial charge in [0.25, 0.3) is 0 Å². The number of hydrogen-bond acceptors (Lipinski definition) is 3. The molecule has 0 aliphatic rings. The van der Waals surface area contributed by atoms with Gasteiger partial charge in [0.2, 0.25) is 0 Å². The topological polar surface area (TPSA) is 78.2 Å². The van der Waals surface area contributed by atoms with Crippen LogP contribution in [-0.4, -0.2) is 27.3 Å². The molecule has 0 spiro atoms. The fourth-order valence-electron chi connectivity index (χ4n) is 0.557. The van der Waals surface area contributed by atoms with Crippen LogP contribution in [0.3, 0.4) is 0 Å². The second kappa shape index (κ2) is 3.43. The van der Waals surface area contributed by atoms with Crippen molar-refractivity contribution in [2.24, 2.45) is 5.41 Å². The van der Waals surface area contributed by atoms with E-state index in [1.807, 2.05) is 0 Å². The zero-order chi connectivity index (χ0) is 9.99. The maximum Gasteiger partial charge on any atom is 0.309 e. The number of carboxylic acids is 1. The molecule has 1 unspecified atom stereocenters. The number of carbonyl (C=O) groups is 1. The maximum absolute atomic E-state index is 10.9. The van der Waals surface area contributed by atoms with Crippen LogP contribution in [0.25, 0.3) is 0 Å². The first-order chi connectivity index (χ1) is 5.15. The van der Waals surface area contributed by atoms with Crippen molar-refractivity contribution in [1.82, 2.24) is 0 Å². The van der Waals surface area contributed by atoms with Crippen molar-refractivity contribution in [2.45, 2.75) is 20.3 Å². The minimum Gasteiger partial charge on any atom is -0.481 e. The normalized spacial score (nSPS) is 16.9. The summed E-state index contributed by atoms with van der Waals surface area (Å²) in [7, 11) is -2.55. The summed E-state index contributed by atoms with van der Waals surface area (Å²) in [5.41, 5.74) is -0.875. The van der Waals surface area contributed by atoms with Gasteiger partial charge in [0.1, 0.15) is 0 Å². The zero-order valence-electron chi connectivity index (χ0n) is 7.59. The lowest BCUT2D eigenvalue weighted by Crippen LogP contribution is -2.26. The summed E-state index contributed by atoms with van der Waals surface area (Å²) in [5.74, 6) is -0.766. The lowest BCUT2D eigenvalue weighted by atomic mass is 9.91. The Morgan fingerprint density at radius 3 is 2.25 bits per heavy atom. The molecule has 0 fully saturated rings. The summed E-state index contributed by atoms with van der Waals surface area (Å²) in [4.78, 5) is 10.6. The summed E-state index contributed by atoms with van der Waals surface area (Å²) in [5, 5.41) is 8.68. The highest BCUT2D eigenvalue weighted by Crippen LogP contribution is 2.20. The van der Waals surface area contributed by atoms with E-state index in [9.17, 15) is 9.00 Å². The molecule has 0 aliphatic heterocycles. The van der Waals surface area contributed by atoms with Gasteiger partial charge < -0.3 is 5.11 Å². The van der Waals surface area contributed by atoms with Crippen LogP contribution < -0.4 is 0 Å². The smallest absolute Gasteiger partial charge is 0.309 e. The van der Waals surface area contributed by atoms with E-state index in [2.05, 4.69) is 0 Å². The predicted molar refractivity (Wildman–Crippen MR) is 47.7 cm³/mol. The third kappa shape index (κ3) is 4.33. The van der Waals surface area contributed by atoms with Crippen LogP contribution in [0.15, 0.2) is 0 Å². The highest BCUT2D eigenvalue weighted by molar-refractivity contribution is 7.91. The van der Waals surface area contributed by atoms with Gasteiger partial charge in [-0.25, -0.2) is 0 Å². The summed E-state index contributed by atoms with van der Waals surface area (Å²) in [6.07, 6.45) is 1.60. The maximum atomic E-state index is 10.9. The Kier molecular flexibility index (Phi) is 3.26. The van der Waals surface area contributed by atoms with E-state index in [1.165, 1.54) is 6.26 Å². The second-order valence-electron chi connectivity index (χ2n) is 3.65. The lowest BCUT2D eigenvalue weighted by Gasteiger charge is -2.18. The molecule has 72 valence electrons. The highest BCUT2D eigenvalue weighted by atomic mass is 32.2. The van der Waals surface area contributed by atoms with Crippen LogP contribution in [0.1, 0.15) is 20.3 Å². The van der Waals surface area contributed by atoms with E-state index in [0.29, 0.717) is 0 Å². The van der Waals surface area contributed by atoms with Gasteiger partial charge in [0.05, 0.1) is 5.41 Å². The minimum atomic E-state index is -2.55. The van der Waals surface area contributed by atoms with Gasteiger partial charge in [-0.1, -0.05) is 0 Å². The van der Waals surface area contributed by atoms with Gasteiger partial charge in [-0.2, -0.15) is 0 Å². The molecule has 0 saturated heterocycles. The molecule has 0 bridgehead atoms. The Labute approximate surface area is 73.0 Å². The molecule has 0 amide bonds. The lowest BCUT2D eigenvalue weighted by molar-refractivity contribution is -0.146. The van der Waals surface area contributed by atoms with E-state index in [0.717, 1.165) is 0 Å². The van der Waals surface area contributed by atoms with E-state index in [1.54, 1.807) is 13.8 Å². The van der Waals surface area contributed by atoms with Crippen LogP contribution in [0, 0.1) is 10.2 Å². The Hall–Kier alpha value is -0.580. The van der Waals surface area contributed by atoms with Crippen molar-refractivity contribution < 1.29 is 14.1 Å². The fraction of sp³-hybridized carbons (Fsp3) is 0.857. The van der Waals surface area contributed by atoms with E-state index >= 15 is 0 Å². The molecule has 0 rings (SSSR count). The average molecular weight is 193 g/mol. The van der Waals surface area contributed by atoms with Crippen LogP contribution >= 0.6 is 0 Å². The van der Waals surface area contributed by atoms with Gasteiger partial charge in [-0.15, -0.1) is 0 Å². The number of nitrogens with one attached hydrogen (secondary N) is 1. The second-order valence-corrected chi connectivity index (χ2v) is 6.07. The molecule has 0 aromatic rings. The third-order valence-electron chi connectivity index (χ3n) is 1.70. The fourth-order valence-corrected chi connectivity index (χ4v) is 1.46. The van der Waals surface area contributed by atoms with Gasteiger partial charge >= 0.3 is 5.97 Å². The first-order valence-electron chi connectivity index (χ1n) is 3.60. The SMILES string of the molecule is CC(C)(CCS(C)(=N)=O)C(=O)O. The number of carboxylic acid groups (broad SMARTS) is 1. The van der Waals surface area contributed by atoms with Crippen LogP contribution in [-0.2, 0) is 14.5 Å². The van der Waals surface area contributed by atoms with E-state index in [-0.39, 0.29) is 12.2 Å². The first kappa shape index (κ1) is 11.4. The van der Waals surface area contributed by atoms with Crippen LogP contribution in [0.4, 0.5) is 0 Å². The van der Waals surface area contributed by atoms with Crippen molar-refractivity contribution in [3.63, 3.8) is 0 Å². The summed E-state index contributed by atoms with van der Waals surface area (Å²) in [6.45, 7) is 3.14. The monoisotopic (exact) mass is 193 g/mol. The summed E-state index contributed by atoms with van der Waals surface area (Å²) >= 11 is 0. The molecular formula is C7H15NO3S. The largest absolute Gasteiger partial charge is 0.481 e. The summed E-state index contributed by atoms with van der Waals surface area (Å²) < 4.78 is 18.0. The predicted octanol–water partition coefficient (Wildman–Crippen LogP) is 1.16. The van der Waals surface area contributed by atoms with Crippen LogP contribution in [0.5, 0.6) is 0 Å². The van der Waals surface area contributed by atoms with Crippen LogP contribution in [0.2, 0.25) is 0 Å². The minimum absolute atomic E-state index is 0.145. The molecule has 0 saturated carbocycles. The molecule has 0 aromatic carbocycles. The third-order valence-corrected chi connectivity index (χ3v) is 2.68. The van der Waals surface area contributed by atoms with Crippen molar-refractivity contribution in [3.8, 4) is 0 Å². The molecule has 0 aliphatic carbocycles. The Bertz CT molecular complexity index is 266. The zero-order valence-corrected chi connectivity index (χ0v) is 8.40. The van der Waals surface area contributed by atoms with Gasteiger partial charge in [0.15, 0.2) is 0 Å². The van der Waals surface area contributed by atoms with Crippen molar-refractivity contribution in [2.75, 3.05) is 12.0 Å². The number of rotatable bonds is 4. The Balaban J connectivity index is 4.20. The average Bonchev–Trinajstić information content (AvgIpc) is 1.82. The summed E-state index contributed by atoms with van der Waals surface area (Å²) in [6, 6.07) is 0. The molecule has 2 N–H and O–H groups in total. The number of aliphatic carboxylic acids is 1. The molecule has 12 heavy (non-hydrogen) atoms. The molecule has 0 radical (unpaired) electrons. The molecule has 0 heterocycles. The van der Waals surface area contributed by atoms with E-state index in [4.69, 9.17) is 9.89 Å². The highest BCUT2D eigenvalue weighted by Gasteiger charge is 2.27. The van der Waals surface area contributed by atoms with Gasteiger partial charge in [-0.3, -0.25) is 13.8 Å². The molecule has 0 aromatic heterocycles. The van der Waals surface area contributed by atoms with Crippen molar-refractivity contribution in [1.29, 1.82) is 4.78 Å².